The summed E-state index contributed by atoms with van der Waals surface area (Å²) in [7, 11) is -3.68. The molecule has 0 aliphatic rings. The fourth-order valence-corrected chi connectivity index (χ4v) is 4.28. The van der Waals surface area contributed by atoms with Crippen LogP contribution in [-0.2, 0) is 16.6 Å². The van der Waals surface area contributed by atoms with Crippen LogP contribution in [0.1, 0.15) is 41.6 Å². The normalized spacial score (nSPS) is 11.5. The zero-order valence-electron chi connectivity index (χ0n) is 17.7. The first-order chi connectivity index (χ1) is 15.1. The van der Waals surface area contributed by atoms with Crippen LogP contribution in [0.5, 0.6) is 0 Å². The number of carbonyl (C=O) groups excluding carboxylic acids is 2. The maximum absolute atomic E-state index is 12.7. The highest BCUT2D eigenvalue weighted by atomic mass is 32.2. The van der Waals surface area contributed by atoms with Gasteiger partial charge in [-0.05, 0) is 51.1 Å². The van der Waals surface area contributed by atoms with Gasteiger partial charge < -0.3 is 0 Å². The Hall–Kier alpha value is -3.57. The van der Waals surface area contributed by atoms with Gasteiger partial charge in [0.25, 0.3) is 17.4 Å². The topological polar surface area (TPSA) is 139 Å². The maximum atomic E-state index is 12.7. The molecule has 3 N–H and O–H groups in total. The van der Waals surface area contributed by atoms with Gasteiger partial charge in [-0.25, -0.2) is 17.8 Å². The van der Waals surface area contributed by atoms with Crippen LogP contribution in [0.2, 0.25) is 0 Å². The molecule has 0 atom stereocenters. The first-order valence-corrected chi connectivity index (χ1v) is 11.3. The van der Waals surface area contributed by atoms with Gasteiger partial charge in [-0.2, -0.15) is 5.10 Å². The van der Waals surface area contributed by atoms with Crippen molar-refractivity contribution in [1.29, 1.82) is 0 Å². The van der Waals surface area contributed by atoms with Crippen molar-refractivity contribution in [2.45, 2.75) is 38.3 Å². The van der Waals surface area contributed by atoms with Crippen molar-refractivity contribution in [3.05, 3.63) is 70.1 Å². The largest absolute Gasteiger partial charge is 0.290 e. The number of hydrogen-bond donors (Lipinski definition) is 3. The Morgan fingerprint density at radius 1 is 0.969 bits per heavy atom. The lowest BCUT2D eigenvalue weighted by atomic mass is 10.1. The molecule has 0 bridgehead atoms. The summed E-state index contributed by atoms with van der Waals surface area (Å²) in [5.41, 5.74) is 4.38. The summed E-state index contributed by atoms with van der Waals surface area (Å²) in [5, 5.41) is 4.80. The number of hydrazine groups is 1. The molecule has 0 saturated heterocycles. The van der Waals surface area contributed by atoms with Gasteiger partial charge in [0.2, 0.25) is 10.0 Å². The Kier molecular flexibility index (Phi) is 6.70. The highest BCUT2D eigenvalue weighted by molar-refractivity contribution is 7.89. The smallest absolute Gasteiger partial charge is 0.267 e. The van der Waals surface area contributed by atoms with Crippen LogP contribution >= 0.6 is 0 Å². The Labute approximate surface area is 184 Å². The van der Waals surface area contributed by atoms with E-state index >= 15 is 0 Å². The average molecular weight is 458 g/mol. The minimum absolute atomic E-state index is 0.0106. The average Bonchev–Trinajstić information content (AvgIpc) is 2.77. The van der Waals surface area contributed by atoms with Gasteiger partial charge in [0.05, 0.1) is 10.3 Å². The van der Waals surface area contributed by atoms with E-state index in [2.05, 4.69) is 20.7 Å². The van der Waals surface area contributed by atoms with Crippen molar-refractivity contribution < 1.29 is 18.0 Å². The number of amides is 2. The van der Waals surface area contributed by atoms with E-state index in [-0.39, 0.29) is 34.3 Å². The quantitative estimate of drug-likeness (QED) is 0.475. The number of nitrogens with one attached hydrogen (secondary N) is 3. The second-order valence-electron chi connectivity index (χ2n) is 7.22. The molecule has 1 aromatic heterocycles. The lowest BCUT2D eigenvalue weighted by Gasteiger charge is -2.12. The number of aromatic nitrogens is 2. The fourth-order valence-electron chi connectivity index (χ4n) is 3.03. The zero-order chi connectivity index (χ0) is 23.5. The minimum Gasteiger partial charge on any atom is -0.267 e. The third-order valence-electron chi connectivity index (χ3n) is 4.49. The molecule has 1 heterocycles. The summed E-state index contributed by atoms with van der Waals surface area (Å²) in [6, 6.07) is 11.6. The summed E-state index contributed by atoms with van der Waals surface area (Å²) >= 11 is 0. The molecule has 0 radical (unpaired) electrons. The zero-order valence-corrected chi connectivity index (χ0v) is 18.6. The van der Waals surface area contributed by atoms with Crippen molar-refractivity contribution in [1.82, 2.24) is 25.4 Å². The number of aryl methyl sites for hydroxylation is 1. The van der Waals surface area contributed by atoms with Crippen molar-refractivity contribution in [3.8, 4) is 0 Å². The van der Waals surface area contributed by atoms with Crippen molar-refractivity contribution >= 4 is 32.6 Å². The van der Waals surface area contributed by atoms with E-state index in [1.165, 1.54) is 28.9 Å². The van der Waals surface area contributed by atoms with Gasteiger partial charge in [0.15, 0.2) is 5.69 Å². The summed E-state index contributed by atoms with van der Waals surface area (Å²) in [6.45, 7) is 5.41. The van der Waals surface area contributed by atoms with Gasteiger partial charge in [-0.3, -0.25) is 25.2 Å². The molecular weight excluding hydrogens is 434 g/mol. The van der Waals surface area contributed by atoms with E-state index in [0.29, 0.717) is 10.8 Å². The minimum atomic E-state index is -3.68. The van der Waals surface area contributed by atoms with E-state index < -0.39 is 21.8 Å². The molecule has 168 valence electrons. The number of fused-ring (bicyclic) bond motifs is 1. The lowest BCUT2D eigenvalue weighted by Crippen LogP contribution is -2.42. The summed E-state index contributed by atoms with van der Waals surface area (Å²) in [5.74, 6) is -1.34. The SMILES string of the molecule is CCn1nc(C(=O)NNC(=O)c2ccc(S(=O)(=O)NC(C)C)cc2)c2ccccc2c1=O. The van der Waals surface area contributed by atoms with E-state index in [4.69, 9.17) is 0 Å². The number of benzene rings is 2. The Morgan fingerprint density at radius 3 is 2.16 bits per heavy atom. The molecular formula is C21H23N5O5S. The Bertz CT molecular complexity index is 1330. The van der Waals surface area contributed by atoms with Crippen LogP contribution < -0.4 is 21.1 Å². The predicted octanol–water partition coefficient (Wildman–Crippen LogP) is 1.18. The third kappa shape index (κ3) is 4.84. The molecule has 3 rings (SSSR count). The number of sulfonamides is 1. The summed E-state index contributed by atoms with van der Waals surface area (Å²) in [4.78, 5) is 37.5. The predicted molar refractivity (Wildman–Crippen MR) is 119 cm³/mol. The molecule has 32 heavy (non-hydrogen) atoms. The molecule has 3 aromatic rings. The third-order valence-corrected chi connectivity index (χ3v) is 6.16. The maximum Gasteiger partial charge on any atom is 0.290 e. The van der Waals surface area contributed by atoms with Gasteiger partial charge in [-0.15, -0.1) is 0 Å². The molecule has 0 unspecified atom stereocenters. The first-order valence-electron chi connectivity index (χ1n) is 9.87. The van der Waals surface area contributed by atoms with Crippen molar-refractivity contribution in [2.75, 3.05) is 0 Å². The van der Waals surface area contributed by atoms with Crippen molar-refractivity contribution in [3.63, 3.8) is 0 Å². The van der Waals surface area contributed by atoms with E-state index in [1.807, 2.05) is 0 Å². The second-order valence-corrected chi connectivity index (χ2v) is 8.94. The van der Waals surface area contributed by atoms with Gasteiger partial charge in [0, 0.05) is 23.5 Å². The van der Waals surface area contributed by atoms with Crippen LogP contribution in [-0.4, -0.2) is 36.1 Å². The van der Waals surface area contributed by atoms with Gasteiger partial charge in [0.1, 0.15) is 0 Å². The fraction of sp³-hybridized carbons (Fsp3) is 0.238. The number of carbonyl (C=O) groups is 2. The van der Waals surface area contributed by atoms with Crippen molar-refractivity contribution in [2.24, 2.45) is 0 Å². The molecule has 0 aliphatic heterocycles. The molecule has 11 heteroatoms. The number of rotatable bonds is 6. The second kappa shape index (κ2) is 9.28. The van der Waals surface area contributed by atoms with Crippen LogP contribution in [0.3, 0.4) is 0 Å². The summed E-state index contributed by atoms with van der Waals surface area (Å²) in [6.07, 6.45) is 0. The number of nitrogens with zero attached hydrogens (tertiary/aromatic N) is 2. The number of hydrogen-bond acceptors (Lipinski definition) is 6. The highest BCUT2D eigenvalue weighted by Crippen LogP contribution is 2.13. The molecule has 0 aliphatic carbocycles. The first kappa shape index (κ1) is 23.1. The van der Waals surface area contributed by atoms with E-state index in [9.17, 15) is 22.8 Å². The molecule has 0 spiro atoms. The Balaban J connectivity index is 1.76. The van der Waals surface area contributed by atoms with Crippen LogP contribution in [0.15, 0.2) is 58.2 Å². The van der Waals surface area contributed by atoms with E-state index in [0.717, 1.165) is 0 Å². The monoisotopic (exact) mass is 457 g/mol. The highest BCUT2D eigenvalue weighted by Gasteiger charge is 2.18. The van der Waals surface area contributed by atoms with Gasteiger partial charge >= 0.3 is 0 Å². The molecule has 2 amide bonds. The van der Waals surface area contributed by atoms with E-state index in [1.54, 1.807) is 45.0 Å². The van der Waals surface area contributed by atoms with Crippen LogP contribution in [0.4, 0.5) is 0 Å². The summed E-state index contributed by atoms with van der Waals surface area (Å²) < 4.78 is 28.0. The molecule has 0 fully saturated rings. The lowest BCUT2D eigenvalue weighted by molar-refractivity contribution is 0.0843. The molecule has 0 saturated carbocycles. The molecule has 10 nitrogen and oxygen atoms in total. The Morgan fingerprint density at radius 2 is 1.56 bits per heavy atom. The van der Waals surface area contributed by atoms with Crippen LogP contribution in [0, 0.1) is 0 Å². The van der Waals surface area contributed by atoms with Crippen LogP contribution in [0.25, 0.3) is 10.8 Å². The molecule has 2 aromatic carbocycles. The van der Waals surface area contributed by atoms with Gasteiger partial charge in [-0.1, -0.05) is 18.2 Å². The standard InChI is InChI=1S/C21H23N5O5S/c1-4-26-21(29)17-8-6-5-7-16(17)18(24-26)20(28)23-22-19(27)14-9-11-15(12-10-14)32(30,31)25-13(2)3/h5-13,25H,4H2,1-3H3,(H,22,27)(H,23,28).